The molecule has 2 N–H and O–H groups in total. The number of carbonyl (C=O) groups is 1. The number of hydrogen-bond donors (Lipinski definition) is 1. The van der Waals surface area contributed by atoms with E-state index in [2.05, 4.69) is 4.74 Å². The fourth-order valence-electron chi connectivity index (χ4n) is 1.43. The van der Waals surface area contributed by atoms with Crippen molar-refractivity contribution in [1.82, 2.24) is 0 Å². The van der Waals surface area contributed by atoms with Crippen molar-refractivity contribution in [3.8, 4) is 0 Å². The van der Waals surface area contributed by atoms with Crippen LogP contribution < -0.4 is 5.73 Å². The number of hydrogen-bond acceptors (Lipinski definition) is 4. The summed E-state index contributed by atoms with van der Waals surface area (Å²) in [5, 5.41) is 0. The Morgan fingerprint density at radius 1 is 1.35 bits per heavy atom. The number of alkyl halides is 4. The summed E-state index contributed by atoms with van der Waals surface area (Å²) in [6, 6.07) is 3.57. The Morgan fingerprint density at radius 3 is 2.35 bits per heavy atom. The molecule has 20 heavy (non-hydrogen) atoms. The van der Waals surface area contributed by atoms with Gasteiger partial charge < -0.3 is 10.5 Å². The molecule has 1 unspecified atom stereocenters. The normalized spacial score (nSPS) is 14.7. The van der Waals surface area contributed by atoms with Crippen molar-refractivity contribution in [2.24, 2.45) is 5.73 Å². The summed E-state index contributed by atoms with van der Waals surface area (Å²) in [4.78, 5) is 11.1. The maximum atomic E-state index is 13.6. The molecular formula is C12H13F4NO2S. The van der Waals surface area contributed by atoms with Gasteiger partial charge >= 0.3 is 11.5 Å². The van der Waals surface area contributed by atoms with Crippen LogP contribution in [0, 0.1) is 0 Å². The molecule has 2 atom stereocenters. The van der Waals surface area contributed by atoms with Gasteiger partial charge in [0.25, 0.3) is 0 Å². The second-order valence-corrected chi connectivity index (χ2v) is 4.93. The van der Waals surface area contributed by atoms with E-state index in [1.807, 2.05) is 0 Å². The number of thioether (sulfide) groups is 1. The van der Waals surface area contributed by atoms with Crippen LogP contribution in [0.3, 0.4) is 0 Å². The van der Waals surface area contributed by atoms with E-state index < -0.39 is 23.7 Å². The third kappa shape index (κ3) is 5.01. The van der Waals surface area contributed by atoms with Gasteiger partial charge in [-0.2, -0.15) is 13.2 Å². The molecule has 0 radical (unpaired) electrons. The fourth-order valence-corrected chi connectivity index (χ4v) is 1.97. The number of esters is 1. The number of carbonyl (C=O) groups excluding carboxylic acids is 1. The van der Waals surface area contributed by atoms with E-state index in [9.17, 15) is 22.4 Å². The van der Waals surface area contributed by atoms with Gasteiger partial charge in [0.1, 0.15) is 0 Å². The number of ether oxygens (including phenoxy) is 1. The minimum atomic E-state index is -4.39. The summed E-state index contributed by atoms with van der Waals surface area (Å²) in [6.07, 6.45) is -2.06. The first kappa shape index (κ1) is 16.8. The minimum Gasteiger partial charge on any atom is -0.464 e. The van der Waals surface area contributed by atoms with Crippen molar-refractivity contribution in [2.75, 3.05) is 6.61 Å². The van der Waals surface area contributed by atoms with Crippen molar-refractivity contribution in [1.29, 1.82) is 0 Å². The van der Waals surface area contributed by atoms with E-state index in [1.165, 1.54) is 31.2 Å². The molecule has 1 aromatic carbocycles. The second kappa shape index (κ2) is 6.94. The van der Waals surface area contributed by atoms with Gasteiger partial charge in [0.2, 0.25) is 6.17 Å². The number of halogens is 4. The molecule has 0 saturated carbocycles. The van der Waals surface area contributed by atoms with Crippen LogP contribution in [0.1, 0.15) is 18.5 Å². The zero-order chi connectivity index (χ0) is 15.3. The van der Waals surface area contributed by atoms with Gasteiger partial charge in [0.05, 0.1) is 12.6 Å². The maximum Gasteiger partial charge on any atom is 0.446 e. The molecule has 0 aliphatic rings. The lowest BCUT2D eigenvalue weighted by atomic mass is 10.0. The summed E-state index contributed by atoms with van der Waals surface area (Å²) in [5.74, 6) is -1.09. The van der Waals surface area contributed by atoms with Gasteiger partial charge in [-0.15, -0.1) is 0 Å². The van der Waals surface area contributed by atoms with E-state index in [1.54, 1.807) is 0 Å². The first-order chi connectivity index (χ1) is 9.24. The van der Waals surface area contributed by atoms with Gasteiger partial charge in [0, 0.05) is 4.90 Å². The van der Waals surface area contributed by atoms with Crippen LogP contribution in [0.5, 0.6) is 0 Å². The van der Waals surface area contributed by atoms with Crippen molar-refractivity contribution in [2.45, 2.75) is 29.5 Å². The summed E-state index contributed by atoms with van der Waals surface area (Å²) in [7, 11) is 0. The summed E-state index contributed by atoms with van der Waals surface area (Å²) in [5.41, 5.74) is 1.37. The Hall–Kier alpha value is -1.28. The molecule has 0 heterocycles. The average Bonchev–Trinajstić information content (AvgIpc) is 2.36. The van der Waals surface area contributed by atoms with E-state index in [0.717, 1.165) is 0 Å². The Labute approximate surface area is 117 Å². The molecule has 0 aliphatic heterocycles. The number of benzene rings is 1. The molecule has 1 rings (SSSR count). The second-order valence-electron chi connectivity index (χ2n) is 3.80. The molecule has 112 valence electrons. The lowest BCUT2D eigenvalue weighted by molar-refractivity contribution is -0.149. The minimum absolute atomic E-state index is 0.0210. The van der Waals surface area contributed by atoms with Crippen LogP contribution in [0.25, 0.3) is 0 Å². The first-order valence-corrected chi connectivity index (χ1v) is 6.48. The van der Waals surface area contributed by atoms with Crippen LogP contribution in [-0.2, 0) is 9.53 Å². The third-order valence-corrected chi connectivity index (χ3v) is 3.06. The average molecular weight is 311 g/mol. The summed E-state index contributed by atoms with van der Waals surface area (Å²) >= 11 is -0.282. The molecule has 0 aromatic heterocycles. The molecule has 1 aromatic rings. The molecule has 0 bridgehead atoms. The highest BCUT2D eigenvalue weighted by Gasteiger charge is 2.30. The van der Waals surface area contributed by atoms with Gasteiger partial charge in [0.15, 0.2) is 0 Å². The topological polar surface area (TPSA) is 52.3 Å². The third-order valence-electron chi connectivity index (χ3n) is 2.33. The van der Waals surface area contributed by atoms with Crippen molar-refractivity contribution in [3.63, 3.8) is 0 Å². The highest BCUT2D eigenvalue weighted by Crippen LogP contribution is 2.37. The van der Waals surface area contributed by atoms with Crippen LogP contribution >= 0.6 is 11.8 Å². The van der Waals surface area contributed by atoms with Gasteiger partial charge in [-0.05, 0) is 36.4 Å². The van der Waals surface area contributed by atoms with Gasteiger partial charge in [-0.1, -0.05) is 12.1 Å². The van der Waals surface area contributed by atoms with E-state index in [4.69, 9.17) is 5.73 Å². The van der Waals surface area contributed by atoms with E-state index >= 15 is 0 Å². The van der Waals surface area contributed by atoms with Crippen LogP contribution in [0.4, 0.5) is 17.6 Å². The zero-order valence-electron chi connectivity index (χ0n) is 10.5. The Balaban J connectivity index is 2.75. The van der Waals surface area contributed by atoms with Gasteiger partial charge in [-0.3, -0.25) is 0 Å². The Morgan fingerprint density at radius 2 is 1.90 bits per heavy atom. The number of nitrogens with two attached hydrogens (primary N) is 1. The fraction of sp³-hybridized carbons (Fsp3) is 0.417. The molecule has 0 aliphatic carbocycles. The maximum absolute atomic E-state index is 13.6. The molecule has 0 amide bonds. The standard InChI is InChI=1S/C12H13F4NO2S/c1-2-19-11(18)9(13)10(17)7-3-5-8(6-4-7)20-12(14,15)16/h3-6,9-10H,2,17H2,1H3/t9?,10-/m0/s1. The molecule has 0 fully saturated rings. The zero-order valence-corrected chi connectivity index (χ0v) is 11.3. The highest BCUT2D eigenvalue weighted by molar-refractivity contribution is 8.00. The van der Waals surface area contributed by atoms with Crippen LogP contribution in [-0.4, -0.2) is 24.3 Å². The van der Waals surface area contributed by atoms with E-state index in [0.29, 0.717) is 0 Å². The molecule has 3 nitrogen and oxygen atoms in total. The van der Waals surface area contributed by atoms with E-state index in [-0.39, 0.29) is 28.8 Å². The lowest BCUT2D eigenvalue weighted by Gasteiger charge is -2.16. The van der Waals surface area contributed by atoms with Crippen molar-refractivity contribution in [3.05, 3.63) is 29.8 Å². The summed E-state index contributed by atoms with van der Waals surface area (Å²) < 4.78 is 54.5. The predicted octanol–water partition coefficient (Wildman–Crippen LogP) is 3.20. The highest BCUT2D eigenvalue weighted by atomic mass is 32.2. The Bertz CT molecular complexity index is 450. The SMILES string of the molecule is CCOC(=O)C(F)[C@@H](N)c1ccc(SC(F)(F)F)cc1. The van der Waals surface area contributed by atoms with Crippen LogP contribution in [0.15, 0.2) is 29.2 Å². The molecule has 0 spiro atoms. The molecule has 8 heteroatoms. The molecular weight excluding hydrogens is 298 g/mol. The number of rotatable bonds is 5. The first-order valence-electron chi connectivity index (χ1n) is 5.66. The largest absolute Gasteiger partial charge is 0.464 e. The molecule has 0 saturated heterocycles. The summed E-state index contributed by atoms with van der Waals surface area (Å²) in [6.45, 7) is 1.55. The smallest absolute Gasteiger partial charge is 0.446 e. The lowest BCUT2D eigenvalue weighted by Crippen LogP contribution is -2.31. The quantitative estimate of drug-likeness (QED) is 0.515. The Kier molecular flexibility index (Phi) is 5.82. The van der Waals surface area contributed by atoms with Gasteiger partial charge in [-0.25, -0.2) is 9.18 Å². The van der Waals surface area contributed by atoms with Crippen molar-refractivity contribution >= 4 is 17.7 Å². The van der Waals surface area contributed by atoms with Crippen molar-refractivity contribution < 1.29 is 27.1 Å². The van der Waals surface area contributed by atoms with Crippen LogP contribution in [0.2, 0.25) is 0 Å². The predicted molar refractivity (Wildman–Crippen MR) is 66.8 cm³/mol. The monoisotopic (exact) mass is 311 g/mol.